The van der Waals surface area contributed by atoms with Crippen molar-refractivity contribution in [3.63, 3.8) is 0 Å². The van der Waals surface area contributed by atoms with Gasteiger partial charge in [-0.15, -0.1) is 10.2 Å². The number of hydrogen-bond acceptors (Lipinski definition) is 10. The molecule has 0 unspecified atom stereocenters. The molecule has 12 nitrogen and oxygen atoms in total. The molecule has 0 aliphatic carbocycles. The van der Waals surface area contributed by atoms with Gasteiger partial charge in [-0.1, -0.05) is 12.1 Å². The van der Waals surface area contributed by atoms with Gasteiger partial charge in [0.1, 0.15) is 22.9 Å². The minimum atomic E-state index is -4.78. The molecule has 0 saturated carbocycles. The van der Waals surface area contributed by atoms with Crippen molar-refractivity contribution in [2.45, 2.75) is 9.79 Å². The lowest BCUT2D eigenvalue weighted by molar-refractivity contribution is 0.470. The Hall–Kier alpha value is -4.24. The van der Waals surface area contributed by atoms with Crippen LogP contribution in [0.25, 0.3) is 10.8 Å². The van der Waals surface area contributed by atoms with E-state index in [1.165, 1.54) is 24.3 Å². The van der Waals surface area contributed by atoms with E-state index in [1.807, 2.05) is 0 Å². The van der Waals surface area contributed by atoms with Gasteiger partial charge in [-0.3, -0.25) is 9.11 Å². The van der Waals surface area contributed by atoms with Crippen LogP contribution in [-0.4, -0.2) is 41.3 Å². The van der Waals surface area contributed by atoms with Gasteiger partial charge in [0, 0.05) is 17.8 Å². The van der Waals surface area contributed by atoms with Gasteiger partial charge in [-0.2, -0.15) is 16.8 Å². The molecular formula is C22H17N3O9S2. The average Bonchev–Trinajstić information content (AvgIpc) is 2.78. The summed E-state index contributed by atoms with van der Waals surface area (Å²) in [7, 11) is -9.53. The van der Waals surface area contributed by atoms with Crippen LogP contribution in [0.5, 0.6) is 17.2 Å². The molecule has 0 aliphatic rings. The van der Waals surface area contributed by atoms with Crippen LogP contribution in [0, 0.1) is 0 Å². The number of anilines is 2. The lowest BCUT2D eigenvalue weighted by Gasteiger charge is -2.10. The van der Waals surface area contributed by atoms with Gasteiger partial charge in [0.25, 0.3) is 20.2 Å². The van der Waals surface area contributed by atoms with Crippen molar-refractivity contribution in [2.24, 2.45) is 10.2 Å². The fraction of sp³-hybridized carbons (Fsp3) is 0. The Labute approximate surface area is 204 Å². The number of nitrogens with zero attached hydrogens (tertiary/aromatic N) is 2. The van der Waals surface area contributed by atoms with Crippen LogP contribution in [0.3, 0.4) is 0 Å². The number of phenols is 3. The standard InChI is InChI=1S/C22H17N3O9S2/c26-19-4-2-1-3-16(19)23-13-5-6-17(20(27)9-13)24-25-18-10-14(35(29,30)31)7-12-8-15(36(32,33)34)11-21(28)22(12)18/h1-11,23,26-28H,(H,29,30,31)(H,32,33,34). The fourth-order valence-corrected chi connectivity index (χ4v) is 4.39. The second kappa shape index (κ2) is 9.09. The zero-order valence-electron chi connectivity index (χ0n) is 17.9. The molecule has 0 fully saturated rings. The first-order valence-electron chi connectivity index (χ1n) is 9.88. The normalized spacial score (nSPS) is 12.3. The van der Waals surface area contributed by atoms with Gasteiger partial charge in [-0.05, 0) is 47.9 Å². The van der Waals surface area contributed by atoms with Crippen molar-refractivity contribution in [2.75, 3.05) is 5.32 Å². The first-order valence-corrected chi connectivity index (χ1v) is 12.8. The molecule has 0 bridgehead atoms. The quantitative estimate of drug-likeness (QED) is 0.116. The number of azo groups is 1. The van der Waals surface area contributed by atoms with Crippen LogP contribution in [0.1, 0.15) is 0 Å². The minimum absolute atomic E-state index is 0.0108. The van der Waals surface area contributed by atoms with Crippen molar-refractivity contribution in [1.82, 2.24) is 0 Å². The van der Waals surface area contributed by atoms with Crippen LogP contribution < -0.4 is 5.32 Å². The number of rotatable bonds is 6. The van der Waals surface area contributed by atoms with E-state index in [9.17, 15) is 41.3 Å². The van der Waals surface area contributed by atoms with Crippen molar-refractivity contribution in [3.8, 4) is 17.2 Å². The second-order valence-corrected chi connectivity index (χ2v) is 10.3. The summed E-state index contributed by atoms with van der Waals surface area (Å²) in [6.07, 6.45) is 0. The second-order valence-electron chi connectivity index (χ2n) is 7.48. The first kappa shape index (κ1) is 24.9. The SMILES string of the molecule is O=S(=O)(O)c1cc(O)c2c(N=Nc3ccc(Nc4ccccc4O)cc3O)cc(S(=O)(=O)O)cc2c1. The molecule has 14 heteroatoms. The topological polar surface area (TPSA) is 206 Å². The number of benzene rings is 4. The van der Waals surface area contributed by atoms with Crippen molar-refractivity contribution >= 4 is 53.8 Å². The number of phenolic OH excluding ortho intramolecular Hbond substituents is 3. The van der Waals surface area contributed by atoms with Crippen LogP contribution in [0.4, 0.5) is 22.7 Å². The maximum atomic E-state index is 11.7. The third-order valence-corrected chi connectivity index (χ3v) is 6.64. The Morgan fingerprint density at radius 3 is 1.86 bits per heavy atom. The molecule has 0 heterocycles. The van der Waals surface area contributed by atoms with E-state index in [4.69, 9.17) is 0 Å². The number of aromatic hydroxyl groups is 3. The first-order chi connectivity index (χ1) is 16.8. The van der Waals surface area contributed by atoms with E-state index in [2.05, 4.69) is 15.5 Å². The van der Waals surface area contributed by atoms with Gasteiger partial charge >= 0.3 is 0 Å². The zero-order chi connectivity index (χ0) is 26.3. The third-order valence-electron chi connectivity index (χ3n) is 4.97. The number of hydrogen-bond donors (Lipinski definition) is 6. The largest absolute Gasteiger partial charge is 0.507 e. The smallest absolute Gasteiger partial charge is 0.294 e. The Kier molecular flexibility index (Phi) is 6.28. The lowest BCUT2D eigenvalue weighted by atomic mass is 10.1. The zero-order valence-corrected chi connectivity index (χ0v) is 19.6. The summed E-state index contributed by atoms with van der Waals surface area (Å²) in [5.41, 5.74) is 0.453. The molecule has 0 aromatic heterocycles. The molecule has 0 spiro atoms. The van der Waals surface area contributed by atoms with Crippen LogP contribution >= 0.6 is 0 Å². The van der Waals surface area contributed by atoms with Crippen LogP contribution in [0.2, 0.25) is 0 Å². The summed E-state index contributed by atoms with van der Waals surface area (Å²) in [4.78, 5) is -1.39. The molecule has 0 radical (unpaired) electrons. The van der Waals surface area contributed by atoms with Crippen molar-refractivity contribution < 1.29 is 41.3 Å². The maximum Gasteiger partial charge on any atom is 0.294 e. The summed E-state index contributed by atoms with van der Waals surface area (Å²) < 4.78 is 65.2. The summed E-state index contributed by atoms with van der Waals surface area (Å²) in [5, 5.41) is 40.9. The van der Waals surface area contributed by atoms with E-state index in [1.54, 1.807) is 18.2 Å². The predicted molar refractivity (Wildman–Crippen MR) is 129 cm³/mol. The maximum absolute atomic E-state index is 11.7. The highest BCUT2D eigenvalue weighted by atomic mass is 32.2. The summed E-state index contributed by atoms with van der Waals surface area (Å²) in [5.74, 6) is -1.02. The van der Waals surface area contributed by atoms with Crippen LogP contribution in [-0.2, 0) is 20.2 Å². The molecule has 4 aromatic rings. The van der Waals surface area contributed by atoms with E-state index in [-0.39, 0.29) is 33.6 Å². The van der Waals surface area contributed by atoms with Crippen molar-refractivity contribution in [3.05, 3.63) is 66.7 Å². The molecule has 4 rings (SSSR count). The van der Waals surface area contributed by atoms with E-state index in [0.717, 1.165) is 24.3 Å². The highest BCUT2D eigenvalue weighted by molar-refractivity contribution is 7.86. The molecule has 0 atom stereocenters. The van der Waals surface area contributed by atoms with Gasteiger partial charge in [-0.25, -0.2) is 0 Å². The highest BCUT2D eigenvalue weighted by Crippen LogP contribution is 2.40. The lowest BCUT2D eigenvalue weighted by Crippen LogP contribution is -2.00. The van der Waals surface area contributed by atoms with E-state index in [0.29, 0.717) is 11.4 Å². The molecule has 0 amide bonds. The third kappa shape index (κ3) is 5.21. The Balaban J connectivity index is 1.78. The highest BCUT2D eigenvalue weighted by Gasteiger charge is 2.20. The Bertz CT molecular complexity index is 1750. The Morgan fingerprint density at radius 2 is 1.25 bits per heavy atom. The minimum Gasteiger partial charge on any atom is -0.507 e. The predicted octanol–water partition coefficient (Wildman–Crippen LogP) is 4.61. The van der Waals surface area contributed by atoms with Gasteiger partial charge < -0.3 is 20.6 Å². The Morgan fingerprint density at radius 1 is 0.639 bits per heavy atom. The van der Waals surface area contributed by atoms with E-state index < -0.39 is 35.8 Å². The van der Waals surface area contributed by atoms with Crippen LogP contribution in [0.15, 0.2) is 86.7 Å². The van der Waals surface area contributed by atoms with Gasteiger partial charge in [0.2, 0.25) is 0 Å². The molecule has 6 N–H and O–H groups in total. The fourth-order valence-electron chi connectivity index (χ4n) is 3.32. The number of fused-ring (bicyclic) bond motifs is 1. The molecular weight excluding hydrogens is 514 g/mol. The molecule has 0 aliphatic heterocycles. The molecule has 0 saturated heterocycles. The summed E-state index contributed by atoms with van der Waals surface area (Å²) in [6, 6.07) is 14.0. The monoisotopic (exact) mass is 531 g/mol. The van der Waals surface area contributed by atoms with Gasteiger partial charge in [0.05, 0.1) is 26.6 Å². The van der Waals surface area contributed by atoms with Gasteiger partial charge in [0.15, 0.2) is 0 Å². The molecule has 36 heavy (non-hydrogen) atoms. The summed E-state index contributed by atoms with van der Waals surface area (Å²) >= 11 is 0. The number of para-hydroxylation sites is 2. The average molecular weight is 532 g/mol. The van der Waals surface area contributed by atoms with E-state index >= 15 is 0 Å². The molecule has 186 valence electrons. The molecule has 4 aromatic carbocycles. The number of nitrogens with one attached hydrogen (secondary N) is 1. The summed E-state index contributed by atoms with van der Waals surface area (Å²) in [6.45, 7) is 0. The van der Waals surface area contributed by atoms with Crippen molar-refractivity contribution in [1.29, 1.82) is 0 Å².